The first kappa shape index (κ1) is 13.0. The molecule has 0 aromatic carbocycles. The SMILES string of the molecule is CN(C)c1nccc(CNCc2ccc(Br)o2)n1. The van der Waals surface area contributed by atoms with E-state index in [-0.39, 0.29) is 0 Å². The fourth-order valence-electron chi connectivity index (χ4n) is 1.46. The van der Waals surface area contributed by atoms with Crippen LogP contribution in [0.2, 0.25) is 0 Å². The number of aromatic nitrogens is 2. The van der Waals surface area contributed by atoms with Gasteiger partial charge in [-0.25, -0.2) is 9.97 Å². The molecule has 96 valence electrons. The third-order valence-electron chi connectivity index (χ3n) is 2.33. The van der Waals surface area contributed by atoms with Gasteiger partial charge in [-0.2, -0.15) is 0 Å². The lowest BCUT2D eigenvalue weighted by Gasteiger charge is -2.10. The molecule has 0 unspecified atom stereocenters. The Bertz CT molecular complexity index is 512. The van der Waals surface area contributed by atoms with E-state index in [1.54, 1.807) is 6.20 Å². The minimum absolute atomic E-state index is 0.674. The molecule has 0 saturated heterocycles. The summed E-state index contributed by atoms with van der Waals surface area (Å²) in [7, 11) is 3.85. The van der Waals surface area contributed by atoms with Crippen LogP contribution in [0.15, 0.2) is 33.5 Å². The molecule has 0 aliphatic rings. The Morgan fingerprint density at radius 1 is 1.28 bits per heavy atom. The number of rotatable bonds is 5. The summed E-state index contributed by atoms with van der Waals surface area (Å²) < 4.78 is 6.14. The Morgan fingerprint density at radius 2 is 2.11 bits per heavy atom. The predicted octanol–water partition coefficient (Wildman–Crippen LogP) is 2.19. The van der Waals surface area contributed by atoms with Crippen molar-refractivity contribution in [3.63, 3.8) is 0 Å². The van der Waals surface area contributed by atoms with Gasteiger partial charge in [0.2, 0.25) is 5.95 Å². The lowest BCUT2D eigenvalue weighted by molar-refractivity contribution is 0.464. The smallest absolute Gasteiger partial charge is 0.225 e. The predicted molar refractivity (Wildman–Crippen MR) is 73.3 cm³/mol. The van der Waals surface area contributed by atoms with Crippen molar-refractivity contribution in [1.29, 1.82) is 0 Å². The molecule has 5 nitrogen and oxygen atoms in total. The highest BCUT2D eigenvalue weighted by molar-refractivity contribution is 9.10. The van der Waals surface area contributed by atoms with Crippen LogP contribution in [0.5, 0.6) is 0 Å². The summed E-state index contributed by atoms with van der Waals surface area (Å²) in [6, 6.07) is 5.71. The van der Waals surface area contributed by atoms with Gasteiger partial charge >= 0.3 is 0 Å². The van der Waals surface area contributed by atoms with Crippen LogP contribution in [0.1, 0.15) is 11.5 Å². The summed E-state index contributed by atoms with van der Waals surface area (Å²) in [6.07, 6.45) is 1.77. The number of hydrogen-bond donors (Lipinski definition) is 1. The van der Waals surface area contributed by atoms with E-state index < -0.39 is 0 Å². The molecule has 2 rings (SSSR count). The van der Waals surface area contributed by atoms with E-state index in [0.29, 0.717) is 13.1 Å². The van der Waals surface area contributed by atoms with Crippen LogP contribution in [0.3, 0.4) is 0 Å². The number of nitrogens with one attached hydrogen (secondary N) is 1. The van der Waals surface area contributed by atoms with Crippen molar-refractivity contribution in [2.24, 2.45) is 0 Å². The van der Waals surface area contributed by atoms with Crippen LogP contribution >= 0.6 is 15.9 Å². The van der Waals surface area contributed by atoms with Gasteiger partial charge in [-0.3, -0.25) is 0 Å². The lowest BCUT2D eigenvalue weighted by Crippen LogP contribution is -2.17. The Morgan fingerprint density at radius 3 is 2.78 bits per heavy atom. The quantitative estimate of drug-likeness (QED) is 0.917. The van der Waals surface area contributed by atoms with Crippen molar-refractivity contribution in [2.75, 3.05) is 19.0 Å². The second kappa shape index (κ2) is 5.97. The minimum Gasteiger partial charge on any atom is -0.453 e. The van der Waals surface area contributed by atoms with Crippen molar-refractivity contribution in [3.8, 4) is 0 Å². The minimum atomic E-state index is 0.674. The van der Waals surface area contributed by atoms with Gasteiger partial charge in [0.15, 0.2) is 4.67 Å². The number of halogens is 1. The molecule has 0 saturated carbocycles. The summed E-state index contributed by atoms with van der Waals surface area (Å²) in [4.78, 5) is 10.5. The van der Waals surface area contributed by atoms with Gasteiger partial charge in [0.1, 0.15) is 5.76 Å². The summed E-state index contributed by atoms with van der Waals surface area (Å²) in [6.45, 7) is 1.36. The van der Waals surface area contributed by atoms with Crippen LogP contribution in [0.4, 0.5) is 5.95 Å². The van der Waals surface area contributed by atoms with Crippen LogP contribution in [0.25, 0.3) is 0 Å². The number of anilines is 1. The highest BCUT2D eigenvalue weighted by atomic mass is 79.9. The summed E-state index contributed by atoms with van der Waals surface area (Å²) >= 11 is 3.27. The van der Waals surface area contributed by atoms with Crippen LogP contribution in [-0.2, 0) is 13.1 Å². The van der Waals surface area contributed by atoms with Crippen molar-refractivity contribution < 1.29 is 4.42 Å². The fraction of sp³-hybridized carbons (Fsp3) is 0.333. The largest absolute Gasteiger partial charge is 0.453 e. The van der Waals surface area contributed by atoms with E-state index in [4.69, 9.17) is 4.42 Å². The molecule has 2 heterocycles. The number of nitrogens with zero attached hydrogens (tertiary/aromatic N) is 3. The molecule has 2 aromatic rings. The highest BCUT2D eigenvalue weighted by Gasteiger charge is 2.02. The van der Waals surface area contributed by atoms with Gasteiger partial charge in [-0.1, -0.05) is 0 Å². The maximum Gasteiger partial charge on any atom is 0.225 e. The average molecular weight is 311 g/mol. The summed E-state index contributed by atoms with van der Waals surface area (Å²) in [5, 5.41) is 3.27. The molecule has 0 aliphatic carbocycles. The molecule has 0 radical (unpaired) electrons. The standard InChI is InChI=1S/C12H15BrN4O/c1-17(2)12-15-6-5-9(16-12)7-14-8-10-3-4-11(13)18-10/h3-6,14H,7-8H2,1-2H3. The zero-order valence-electron chi connectivity index (χ0n) is 10.4. The van der Waals surface area contributed by atoms with Gasteiger partial charge < -0.3 is 14.6 Å². The van der Waals surface area contributed by atoms with Crippen LogP contribution in [0, 0.1) is 0 Å². The third-order valence-corrected chi connectivity index (χ3v) is 2.76. The van der Waals surface area contributed by atoms with Gasteiger partial charge in [-0.05, 0) is 34.1 Å². The third kappa shape index (κ3) is 3.54. The molecule has 2 aromatic heterocycles. The Kier molecular flexibility index (Phi) is 4.33. The van der Waals surface area contributed by atoms with Gasteiger partial charge in [-0.15, -0.1) is 0 Å². The average Bonchev–Trinajstić information content (AvgIpc) is 2.75. The van der Waals surface area contributed by atoms with Crippen molar-refractivity contribution in [3.05, 3.63) is 40.5 Å². The number of furan rings is 1. The Labute approximate surface area is 114 Å². The van der Waals surface area contributed by atoms with E-state index in [1.165, 1.54) is 0 Å². The summed E-state index contributed by atoms with van der Waals surface area (Å²) in [5.74, 6) is 1.61. The van der Waals surface area contributed by atoms with Gasteiger partial charge in [0.25, 0.3) is 0 Å². The molecule has 0 aliphatic heterocycles. The van der Waals surface area contributed by atoms with E-state index >= 15 is 0 Å². The zero-order chi connectivity index (χ0) is 13.0. The topological polar surface area (TPSA) is 54.2 Å². The molecule has 0 atom stereocenters. The Balaban J connectivity index is 1.88. The lowest BCUT2D eigenvalue weighted by atomic mass is 10.4. The first-order valence-corrected chi connectivity index (χ1v) is 6.38. The first-order chi connectivity index (χ1) is 8.65. The monoisotopic (exact) mass is 310 g/mol. The highest BCUT2D eigenvalue weighted by Crippen LogP contribution is 2.13. The normalized spacial score (nSPS) is 10.6. The molecule has 0 amide bonds. The van der Waals surface area contributed by atoms with Crippen molar-refractivity contribution in [1.82, 2.24) is 15.3 Å². The van der Waals surface area contributed by atoms with Gasteiger partial charge in [0, 0.05) is 26.8 Å². The molecule has 1 N–H and O–H groups in total. The van der Waals surface area contributed by atoms with E-state index in [9.17, 15) is 0 Å². The zero-order valence-corrected chi connectivity index (χ0v) is 11.9. The van der Waals surface area contributed by atoms with Crippen LogP contribution < -0.4 is 10.2 Å². The molecule has 18 heavy (non-hydrogen) atoms. The molecule has 0 fully saturated rings. The van der Waals surface area contributed by atoms with Crippen LogP contribution in [-0.4, -0.2) is 24.1 Å². The second-order valence-corrected chi connectivity index (χ2v) is 4.83. The number of hydrogen-bond acceptors (Lipinski definition) is 5. The molecule has 0 spiro atoms. The maximum absolute atomic E-state index is 5.40. The maximum atomic E-state index is 5.40. The van der Waals surface area contributed by atoms with E-state index in [0.717, 1.165) is 22.1 Å². The molecular weight excluding hydrogens is 296 g/mol. The summed E-state index contributed by atoms with van der Waals surface area (Å²) in [5.41, 5.74) is 0.958. The van der Waals surface area contributed by atoms with Crippen molar-refractivity contribution >= 4 is 21.9 Å². The molecule has 0 bridgehead atoms. The second-order valence-electron chi connectivity index (χ2n) is 4.05. The fourth-order valence-corrected chi connectivity index (χ4v) is 1.80. The van der Waals surface area contributed by atoms with Gasteiger partial charge in [0.05, 0.1) is 12.2 Å². The molecule has 6 heteroatoms. The van der Waals surface area contributed by atoms with Crippen molar-refractivity contribution in [2.45, 2.75) is 13.1 Å². The van der Waals surface area contributed by atoms with E-state index in [2.05, 4.69) is 31.2 Å². The first-order valence-electron chi connectivity index (χ1n) is 5.59. The Hall–Kier alpha value is -1.40. The molecular formula is C12H15BrN4O. The van der Waals surface area contributed by atoms with E-state index in [1.807, 2.05) is 37.2 Å².